The average molecular weight is 496 g/mol. The van der Waals surface area contributed by atoms with Crippen LogP contribution in [0.25, 0.3) is 10.8 Å². The summed E-state index contributed by atoms with van der Waals surface area (Å²) < 4.78 is 0. The molecule has 2 heteroatoms. The molecule has 4 aromatic rings. The minimum Gasteiger partial charge on any atom is -0.0622 e. The summed E-state index contributed by atoms with van der Waals surface area (Å²) in [6.45, 7) is 0. The van der Waals surface area contributed by atoms with Crippen molar-refractivity contribution in [3.63, 3.8) is 0 Å². The van der Waals surface area contributed by atoms with Crippen molar-refractivity contribution in [3.05, 3.63) is 172 Å². The molecule has 0 spiro atoms. The van der Waals surface area contributed by atoms with Crippen molar-refractivity contribution in [2.45, 2.75) is 0 Å². The van der Waals surface area contributed by atoms with Crippen molar-refractivity contribution in [2.24, 2.45) is 0 Å². The van der Waals surface area contributed by atoms with E-state index in [9.17, 15) is 0 Å². The third-order valence-electron chi connectivity index (χ3n) is 5.70. The third kappa shape index (κ3) is 5.83. The first-order valence-electron chi connectivity index (χ1n) is 11.2. The first kappa shape index (κ1) is 25.2. The van der Waals surface area contributed by atoms with Crippen LogP contribution in [0, 0.1) is 62.9 Å². The van der Waals surface area contributed by atoms with Gasteiger partial charge in [-0.2, -0.15) is 0 Å². The number of hydrogen-bond acceptors (Lipinski definition) is 0. The van der Waals surface area contributed by atoms with E-state index in [0.29, 0.717) is 0 Å². The minimum absolute atomic E-state index is 0. The number of hydrogen-bond donors (Lipinski definition) is 0. The Hall–Kier alpha value is -1.91. The Labute approximate surface area is 217 Å². The molecule has 164 valence electrons. The predicted octanol–water partition coefficient (Wildman–Crippen LogP) is 7.07. The van der Waals surface area contributed by atoms with Crippen molar-refractivity contribution in [2.75, 3.05) is 0 Å². The van der Waals surface area contributed by atoms with Crippen LogP contribution in [0.2, 0.25) is 0 Å². The van der Waals surface area contributed by atoms with Crippen LogP contribution in [0.4, 0.5) is 0 Å². The zero-order valence-corrected chi connectivity index (χ0v) is 20.7. The molecule has 0 bridgehead atoms. The second-order valence-corrected chi connectivity index (χ2v) is 10.0. The van der Waals surface area contributed by atoms with Crippen LogP contribution in [0.15, 0.2) is 103 Å². The molecule has 2 aliphatic carbocycles. The molecule has 6 rings (SSSR count). The van der Waals surface area contributed by atoms with Gasteiger partial charge >= 0.3 is 17.1 Å². The van der Waals surface area contributed by atoms with Gasteiger partial charge in [-0.15, -0.1) is 0 Å². The van der Waals surface area contributed by atoms with E-state index in [2.05, 4.69) is 122 Å². The van der Waals surface area contributed by atoms with Crippen LogP contribution in [0.1, 0.15) is 5.56 Å². The monoisotopic (exact) mass is 496 g/mol. The van der Waals surface area contributed by atoms with E-state index in [4.69, 9.17) is 0 Å². The van der Waals surface area contributed by atoms with Gasteiger partial charge in [0.15, 0.2) is 0 Å². The molecular formula is C32H25FeP+2. The van der Waals surface area contributed by atoms with Gasteiger partial charge in [0.05, 0.1) is 0 Å². The zero-order chi connectivity index (χ0) is 22.3. The maximum atomic E-state index is 2.31. The van der Waals surface area contributed by atoms with Gasteiger partial charge in [0.1, 0.15) is 0 Å². The number of benzene rings is 4. The first-order valence-corrected chi connectivity index (χ1v) is 12.6. The fourth-order valence-corrected chi connectivity index (χ4v) is 6.66. The van der Waals surface area contributed by atoms with Crippen LogP contribution >= 0.6 is 7.92 Å². The fraction of sp³-hybridized carbons (Fsp3) is 0. The molecule has 2 aliphatic rings. The maximum Gasteiger partial charge on any atom is 2.00 e. The summed E-state index contributed by atoms with van der Waals surface area (Å²) in [6.07, 6.45) is 16.8. The Bertz CT molecular complexity index is 1080. The van der Waals surface area contributed by atoms with E-state index >= 15 is 0 Å². The minimum atomic E-state index is -0.609. The Morgan fingerprint density at radius 3 is 1.59 bits per heavy atom. The van der Waals surface area contributed by atoms with E-state index in [1.165, 1.54) is 38.5 Å². The second kappa shape index (κ2) is 12.7. The smallest absolute Gasteiger partial charge is 0.0622 e. The van der Waals surface area contributed by atoms with Crippen LogP contribution < -0.4 is 10.6 Å². The van der Waals surface area contributed by atoms with Crippen molar-refractivity contribution in [1.29, 1.82) is 0 Å². The molecule has 0 atom stereocenters. The average Bonchev–Trinajstić information content (AvgIpc) is 3.61. The molecule has 0 saturated heterocycles. The molecule has 0 N–H and O–H groups in total. The van der Waals surface area contributed by atoms with Gasteiger partial charge in [-0.25, -0.2) is 0 Å². The summed E-state index contributed by atoms with van der Waals surface area (Å²) >= 11 is 0. The molecule has 0 aliphatic heterocycles. The topological polar surface area (TPSA) is 0 Å². The summed E-state index contributed by atoms with van der Waals surface area (Å²) in [7, 11) is -0.609. The molecule has 10 radical (unpaired) electrons. The van der Waals surface area contributed by atoms with Gasteiger partial charge in [0.25, 0.3) is 0 Å². The van der Waals surface area contributed by atoms with Gasteiger partial charge in [-0.05, 0) is 86.2 Å². The van der Waals surface area contributed by atoms with Crippen molar-refractivity contribution < 1.29 is 17.1 Å². The normalized spacial score (nSPS) is 16.3. The molecule has 2 fully saturated rings. The summed E-state index contributed by atoms with van der Waals surface area (Å²) in [4.78, 5) is 0. The van der Waals surface area contributed by atoms with Crippen LogP contribution in [0.5, 0.6) is 0 Å². The SMILES string of the molecule is [CH]1[CH][CH][CH][CH]1.[CH]1[CH][C](c2cccc3ccccc23)[C](P(c2ccccc2)c2ccccc2)[CH]1.[Fe+2]. The summed E-state index contributed by atoms with van der Waals surface area (Å²) in [5.41, 5.74) is 2.74. The molecule has 2 saturated carbocycles. The quantitative estimate of drug-likeness (QED) is 0.209. The Morgan fingerprint density at radius 2 is 0.971 bits per heavy atom. The van der Waals surface area contributed by atoms with Crippen LogP contribution in [0.3, 0.4) is 0 Å². The van der Waals surface area contributed by atoms with E-state index in [1.807, 2.05) is 32.1 Å². The molecular weight excluding hydrogens is 471 g/mol. The Morgan fingerprint density at radius 1 is 0.441 bits per heavy atom. The van der Waals surface area contributed by atoms with E-state index < -0.39 is 7.92 Å². The number of rotatable bonds is 4. The molecule has 0 unspecified atom stereocenters. The summed E-state index contributed by atoms with van der Waals surface area (Å²) in [5.74, 6) is 1.34. The van der Waals surface area contributed by atoms with Crippen molar-refractivity contribution in [3.8, 4) is 0 Å². The third-order valence-corrected chi connectivity index (χ3v) is 8.20. The zero-order valence-electron chi connectivity index (χ0n) is 18.7. The van der Waals surface area contributed by atoms with Gasteiger partial charge in [-0.3, -0.25) is 0 Å². The first-order chi connectivity index (χ1) is 16.4. The van der Waals surface area contributed by atoms with E-state index in [0.717, 1.165) is 0 Å². The van der Waals surface area contributed by atoms with Gasteiger partial charge in [-0.1, -0.05) is 103 Å². The van der Waals surface area contributed by atoms with Crippen LogP contribution in [-0.4, -0.2) is 0 Å². The van der Waals surface area contributed by atoms with Crippen LogP contribution in [-0.2, 0) is 17.1 Å². The number of fused-ring (bicyclic) bond motifs is 1. The van der Waals surface area contributed by atoms with E-state index in [-0.39, 0.29) is 17.1 Å². The standard InChI is InChI=1S/C27H20P.C5H5.Fe/c1-3-13-22(14-4-1)28(23-15-5-2-6-16-23)27-20-10-19-26(27)25-18-9-12-21-11-7-8-17-24(21)25;1-2-4-5-3-1;/h1-20H;1-5H;/q;;+2. The largest absolute Gasteiger partial charge is 2.00 e. The molecule has 0 heterocycles. The van der Waals surface area contributed by atoms with Gasteiger partial charge in [0.2, 0.25) is 0 Å². The molecule has 4 aromatic carbocycles. The predicted molar refractivity (Wildman–Crippen MR) is 143 cm³/mol. The Balaban J connectivity index is 0.000000407. The molecule has 0 nitrogen and oxygen atoms in total. The summed E-state index contributed by atoms with van der Waals surface area (Å²) in [5, 5.41) is 5.37. The van der Waals surface area contributed by atoms with Crippen molar-refractivity contribution in [1.82, 2.24) is 0 Å². The maximum absolute atomic E-state index is 2.31. The van der Waals surface area contributed by atoms with E-state index in [1.54, 1.807) is 0 Å². The molecule has 0 amide bonds. The van der Waals surface area contributed by atoms with Gasteiger partial charge < -0.3 is 0 Å². The van der Waals surface area contributed by atoms with Crippen molar-refractivity contribution >= 4 is 29.3 Å². The second-order valence-electron chi connectivity index (χ2n) is 7.82. The fourth-order valence-electron chi connectivity index (χ4n) is 4.20. The Kier molecular flexibility index (Phi) is 9.40. The van der Waals surface area contributed by atoms with Gasteiger partial charge in [0, 0.05) is 11.6 Å². The molecule has 34 heavy (non-hydrogen) atoms. The molecule has 0 aromatic heterocycles. The summed E-state index contributed by atoms with van der Waals surface area (Å²) in [6, 6.07) is 37.1.